The number of aliphatic hydroxyl groups is 2. The minimum atomic E-state index is -0.693. The van der Waals surface area contributed by atoms with Crippen molar-refractivity contribution in [1.82, 2.24) is 0 Å². The van der Waals surface area contributed by atoms with Crippen molar-refractivity contribution in [3.8, 4) is 0 Å². The van der Waals surface area contributed by atoms with Crippen LogP contribution < -0.4 is 0 Å². The van der Waals surface area contributed by atoms with Crippen molar-refractivity contribution in [2.75, 3.05) is 25.0 Å². The van der Waals surface area contributed by atoms with Crippen molar-refractivity contribution in [2.24, 2.45) is 0 Å². The molecule has 0 aliphatic carbocycles. The molecule has 0 aromatic carbocycles. The zero-order valence-corrected chi connectivity index (χ0v) is 12.4. The van der Waals surface area contributed by atoms with Gasteiger partial charge in [0.15, 0.2) is 6.29 Å². The van der Waals surface area contributed by atoms with Crippen molar-refractivity contribution in [3.05, 3.63) is 0 Å². The van der Waals surface area contributed by atoms with Gasteiger partial charge in [-0.25, -0.2) is 0 Å². The van der Waals surface area contributed by atoms with Crippen molar-refractivity contribution in [3.63, 3.8) is 0 Å². The molecule has 4 nitrogen and oxygen atoms in total. The number of hydrogen-bond donors (Lipinski definition) is 2. The average molecular weight is 303 g/mol. The van der Waals surface area contributed by atoms with E-state index < -0.39 is 18.5 Å². The van der Waals surface area contributed by atoms with Crippen LogP contribution in [0.25, 0.3) is 0 Å². The summed E-state index contributed by atoms with van der Waals surface area (Å²) in [5.41, 5.74) is 0. The first-order chi connectivity index (χ1) is 8.63. The summed E-state index contributed by atoms with van der Waals surface area (Å²) in [6.45, 7) is 2.39. The third kappa shape index (κ3) is 10.4. The molecule has 0 spiro atoms. The minimum Gasteiger partial charge on any atom is -0.389 e. The molecule has 0 aliphatic rings. The topological polar surface area (TPSA) is 58.9 Å². The molecule has 6 heteroatoms. The smallest absolute Gasteiger partial charge is 0.157 e. The van der Waals surface area contributed by atoms with Crippen molar-refractivity contribution in [1.29, 1.82) is 0 Å². The summed E-state index contributed by atoms with van der Waals surface area (Å²) < 4.78 is 10.9. The molecule has 0 radical (unpaired) electrons. The number of aliphatic hydroxyl groups excluding tert-OH is 2. The molecule has 2 unspecified atom stereocenters. The van der Waals surface area contributed by atoms with Gasteiger partial charge in [-0.1, -0.05) is 19.8 Å². The monoisotopic (exact) mass is 302 g/mol. The molecule has 2 N–H and O–H groups in total. The molecule has 2 atom stereocenters. The third-order valence-corrected chi connectivity index (χ3v) is 3.06. The maximum Gasteiger partial charge on any atom is 0.157 e. The molecule has 0 aromatic heterocycles. The first-order valence-corrected chi connectivity index (χ1v) is 7.42. The maximum absolute atomic E-state index is 9.32. The van der Waals surface area contributed by atoms with Crippen LogP contribution in [0.4, 0.5) is 0 Å². The minimum absolute atomic E-state index is 0.131. The second-order valence-electron chi connectivity index (χ2n) is 4.21. The van der Waals surface area contributed by atoms with Gasteiger partial charge in [-0.3, -0.25) is 0 Å². The van der Waals surface area contributed by atoms with Crippen LogP contribution in [0.1, 0.15) is 32.6 Å². The highest BCUT2D eigenvalue weighted by Crippen LogP contribution is 2.10. The van der Waals surface area contributed by atoms with Gasteiger partial charge in [-0.05, 0) is 12.8 Å². The Bertz CT molecular complexity index is 169. The van der Waals surface area contributed by atoms with Gasteiger partial charge in [0.2, 0.25) is 0 Å². The van der Waals surface area contributed by atoms with Crippen LogP contribution in [0, 0.1) is 0 Å². The normalized spacial score (nSPS) is 16.5. The fourth-order valence-corrected chi connectivity index (χ4v) is 1.48. The molecule has 0 amide bonds. The van der Waals surface area contributed by atoms with E-state index in [-0.39, 0.29) is 25.0 Å². The zero-order valence-electron chi connectivity index (χ0n) is 10.9. The van der Waals surface area contributed by atoms with Gasteiger partial charge >= 0.3 is 0 Å². The van der Waals surface area contributed by atoms with Crippen molar-refractivity contribution in [2.45, 2.75) is 51.1 Å². The van der Waals surface area contributed by atoms with Gasteiger partial charge in [-0.15, -0.1) is 23.2 Å². The fraction of sp³-hybridized carbons (Fsp3) is 1.00. The molecule has 0 bridgehead atoms. The number of alkyl halides is 2. The number of unbranched alkanes of at least 4 members (excludes halogenated alkanes) is 2. The number of ether oxygens (including phenoxy) is 2. The van der Waals surface area contributed by atoms with Gasteiger partial charge in [0.05, 0.1) is 37.2 Å². The zero-order chi connectivity index (χ0) is 13.8. The lowest BCUT2D eigenvalue weighted by molar-refractivity contribution is -0.170. The predicted octanol–water partition coefficient (Wildman–Crippen LogP) is 2.13. The molecule has 0 fully saturated rings. The molecule has 0 saturated heterocycles. The molecule has 0 saturated carbocycles. The van der Waals surface area contributed by atoms with E-state index in [9.17, 15) is 10.2 Å². The average Bonchev–Trinajstić information content (AvgIpc) is 2.40. The lowest BCUT2D eigenvalue weighted by atomic mass is 10.2. The van der Waals surface area contributed by atoms with Crippen LogP contribution in [0.5, 0.6) is 0 Å². The van der Waals surface area contributed by atoms with Crippen LogP contribution >= 0.6 is 23.2 Å². The first-order valence-electron chi connectivity index (χ1n) is 6.35. The predicted molar refractivity (Wildman–Crippen MR) is 73.3 cm³/mol. The van der Waals surface area contributed by atoms with Gasteiger partial charge < -0.3 is 19.7 Å². The molecule has 0 aliphatic heterocycles. The second-order valence-corrected chi connectivity index (χ2v) is 4.83. The molecule has 110 valence electrons. The quantitative estimate of drug-likeness (QED) is 0.329. The summed E-state index contributed by atoms with van der Waals surface area (Å²) in [5.74, 6) is 0.262. The highest BCUT2D eigenvalue weighted by molar-refractivity contribution is 6.18. The lowest BCUT2D eigenvalue weighted by Crippen LogP contribution is -2.28. The lowest BCUT2D eigenvalue weighted by Gasteiger charge is -2.21. The Balaban J connectivity index is 3.91. The standard InChI is InChI=1S/C12H24Cl2O4/c1-2-3-4-5-12(17-8-10(15)6-13)18-9-11(16)7-14/h10-12,15-16H,2-9H2,1H3. The third-order valence-electron chi connectivity index (χ3n) is 2.35. The van der Waals surface area contributed by atoms with E-state index in [2.05, 4.69) is 6.92 Å². The fourth-order valence-electron chi connectivity index (χ4n) is 1.30. The molecule has 0 heterocycles. The largest absolute Gasteiger partial charge is 0.389 e. The Morgan fingerprint density at radius 3 is 1.83 bits per heavy atom. The van der Waals surface area contributed by atoms with E-state index >= 15 is 0 Å². The van der Waals surface area contributed by atoms with Gasteiger partial charge in [-0.2, -0.15) is 0 Å². The van der Waals surface area contributed by atoms with Gasteiger partial charge in [0, 0.05) is 0 Å². The van der Waals surface area contributed by atoms with E-state index in [0.717, 1.165) is 25.7 Å². The summed E-state index contributed by atoms with van der Waals surface area (Å²) in [4.78, 5) is 0. The van der Waals surface area contributed by atoms with E-state index in [4.69, 9.17) is 32.7 Å². The van der Waals surface area contributed by atoms with E-state index in [1.807, 2.05) is 0 Å². The van der Waals surface area contributed by atoms with Gasteiger partial charge in [0.25, 0.3) is 0 Å². The Hall–Kier alpha value is 0.420. The second kappa shape index (κ2) is 12.5. The molecular weight excluding hydrogens is 279 g/mol. The van der Waals surface area contributed by atoms with Crippen LogP contribution in [0.2, 0.25) is 0 Å². The van der Waals surface area contributed by atoms with Crippen LogP contribution in [-0.2, 0) is 9.47 Å². The Kier molecular flexibility index (Phi) is 12.7. The summed E-state index contributed by atoms with van der Waals surface area (Å²) >= 11 is 11.0. The summed E-state index contributed by atoms with van der Waals surface area (Å²) in [6.07, 6.45) is 2.12. The van der Waals surface area contributed by atoms with Crippen molar-refractivity contribution < 1.29 is 19.7 Å². The Morgan fingerprint density at radius 1 is 0.944 bits per heavy atom. The summed E-state index contributed by atoms with van der Waals surface area (Å²) in [7, 11) is 0. The number of rotatable bonds is 12. The summed E-state index contributed by atoms with van der Waals surface area (Å²) in [6, 6.07) is 0. The van der Waals surface area contributed by atoms with E-state index in [1.165, 1.54) is 0 Å². The molecule has 0 aromatic rings. The van der Waals surface area contributed by atoms with Crippen LogP contribution in [0.3, 0.4) is 0 Å². The highest BCUT2D eigenvalue weighted by atomic mass is 35.5. The molecule has 18 heavy (non-hydrogen) atoms. The van der Waals surface area contributed by atoms with Crippen LogP contribution in [0.15, 0.2) is 0 Å². The van der Waals surface area contributed by atoms with Crippen LogP contribution in [-0.4, -0.2) is 53.7 Å². The van der Waals surface area contributed by atoms with E-state index in [0.29, 0.717) is 0 Å². The number of hydrogen-bond acceptors (Lipinski definition) is 4. The number of halogens is 2. The SMILES string of the molecule is CCCCCC(OCC(O)CCl)OCC(O)CCl. The molecule has 0 rings (SSSR count). The summed E-state index contributed by atoms with van der Waals surface area (Å²) in [5, 5.41) is 18.6. The highest BCUT2D eigenvalue weighted by Gasteiger charge is 2.14. The molecular formula is C12H24Cl2O4. The van der Waals surface area contributed by atoms with E-state index in [1.54, 1.807) is 0 Å². The first kappa shape index (κ1) is 18.4. The maximum atomic E-state index is 9.32. The Morgan fingerprint density at radius 2 is 1.44 bits per heavy atom. The Labute approximate surface area is 119 Å². The van der Waals surface area contributed by atoms with Gasteiger partial charge in [0.1, 0.15) is 0 Å². The van der Waals surface area contributed by atoms with Crippen molar-refractivity contribution >= 4 is 23.2 Å².